The van der Waals surface area contributed by atoms with Crippen molar-refractivity contribution in [1.29, 1.82) is 0 Å². The molecule has 2 amide bonds. The number of nitrogens with zero attached hydrogens (tertiary/aromatic N) is 2. The van der Waals surface area contributed by atoms with E-state index in [1.54, 1.807) is 44.4 Å². The predicted octanol–water partition coefficient (Wildman–Crippen LogP) is 4.66. The second kappa shape index (κ2) is 14.1. The van der Waals surface area contributed by atoms with Gasteiger partial charge in [0.1, 0.15) is 0 Å². The number of methoxy groups -OCH3 is 4. The van der Waals surface area contributed by atoms with Gasteiger partial charge < -0.3 is 29.2 Å². The maximum Gasteiger partial charge on any atom is 0.254 e. The highest BCUT2D eigenvalue weighted by Crippen LogP contribution is 2.46. The second-order valence-electron chi connectivity index (χ2n) is 10.2. The molecular weight excluding hydrogens is 534 g/mol. The quantitative estimate of drug-likeness (QED) is 0.297. The molecule has 4 rings (SSSR count). The van der Waals surface area contributed by atoms with Crippen molar-refractivity contribution in [3.8, 4) is 23.0 Å². The van der Waals surface area contributed by atoms with Crippen LogP contribution in [0.25, 0.3) is 0 Å². The third kappa shape index (κ3) is 6.46. The summed E-state index contributed by atoms with van der Waals surface area (Å²) in [5, 5.41) is 3.16. The minimum Gasteiger partial charge on any atom is -0.493 e. The summed E-state index contributed by atoms with van der Waals surface area (Å²) in [6.07, 6.45) is 0.785. The van der Waals surface area contributed by atoms with Gasteiger partial charge >= 0.3 is 0 Å². The van der Waals surface area contributed by atoms with E-state index in [1.807, 2.05) is 30.3 Å². The molecule has 224 valence electrons. The Morgan fingerprint density at radius 2 is 1.52 bits per heavy atom. The van der Waals surface area contributed by atoms with Gasteiger partial charge in [-0.05, 0) is 53.9 Å². The molecule has 3 aromatic carbocycles. The fraction of sp³-hybridized carbons (Fsp3) is 0.394. The molecule has 9 nitrogen and oxygen atoms in total. The number of carbonyl (C=O) groups is 2. The van der Waals surface area contributed by atoms with Crippen molar-refractivity contribution in [2.75, 3.05) is 55.1 Å². The number of fused-ring (bicyclic) bond motifs is 1. The molecule has 9 heteroatoms. The summed E-state index contributed by atoms with van der Waals surface area (Å²) in [6.45, 7) is 5.25. The first-order chi connectivity index (χ1) is 20.4. The van der Waals surface area contributed by atoms with Crippen LogP contribution in [0.15, 0.2) is 60.7 Å². The average molecular weight is 576 g/mol. The Labute approximate surface area is 248 Å². The molecule has 1 heterocycles. The molecule has 0 aliphatic carbocycles. The van der Waals surface area contributed by atoms with Crippen molar-refractivity contribution in [3.63, 3.8) is 0 Å². The van der Waals surface area contributed by atoms with E-state index in [4.69, 9.17) is 18.9 Å². The SMILES string of the molecule is CCN(CCCNC(=O)[C@@H]1c2cc(OC)c(OC)cc2C(=O)N(C)[C@H]1c1ccc(OC)c(OC)c1)Cc1ccccc1. The van der Waals surface area contributed by atoms with Gasteiger partial charge in [-0.2, -0.15) is 0 Å². The maximum absolute atomic E-state index is 14.0. The summed E-state index contributed by atoms with van der Waals surface area (Å²) < 4.78 is 22.0. The third-order valence-corrected chi connectivity index (χ3v) is 7.85. The van der Waals surface area contributed by atoms with Crippen LogP contribution in [0.4, 0.5) is 0 Å². The highest BCUT2D eigenvalue weighted by atomic mass is 16.5. The number of hydrogen-bond acceptors (Lipinski definition) is 7. The third-order valence-electron chi connectivity index (χ3n) is 7.85. The molecule has 0 fully saturated rings. The molecule has 0 spiro atoms. The molecule has 0 saturated carbocycles. The number of benzene rings is 3. The van der Waals surface area contributed by atoms with Crippen LogP contribution in [0.1, 0.15) is 52.4 Å². The van der Waals surface area contributed by atoms with E-state index in [9.17, 15) is 9.59 Å². The molecule has 0 saturated heterocycles. The summed E-state index contributed by atoms with van der Waals surface area (Å²) in [5.41, 5.74) is 3.01. The monoisotopic (exact) mass is 575 g/mol. The molecular formula is C33H41N3O6. The predicted molar refractivity (Wildman–Crippen MR) is 162 cm³/mol. The van der Waals surface area contributed by atoms with Gasteiger partial charge in [-0.3, -0.25) is 14.5 Å². The molecule has 1 aliphatic rings. The van der Waals surface area contributed by atoms with E-state index in [2.05, 4.69) is 29.3 Å². The number of nitrogens with one attached hydrogen (secondary N) is 1. The number of hydrogen-bond donors (Lipinski definition) is 1. The molecule has 0 radical (unpaired) electrons. The van der Waals surface area contributed by atoms with E-state index in [0.29, 0.717) is 40.7 Å². The summed E-state index contributed by atoms with van der Waals surface area (Å²) in [7, 11) is 7.91. The fourth-order valence-electron chi connectivity index (χ4n) is 5.60. The molecule has 0 unspecified atom stereocenters. The average Bonchev–Trinajstić information content (AvgIpc) is 3.03. The minimum atomic E-state index is -0.702. The molecule has 0 aromatic heterocycles. The van der Waals surface area contributed by atoms with E-state index in [0.717, 1.165) is 31.6 Å². The zero-order chi connectivity index (χ0) is 30.2. The van der Waals surface area contributed by atoms with Gasteiger partial charge in [-0.1, -0.05) is 43.3 Å². The Bertz CT molecular complexity index is 1380. The standard InChI is InChI=1S/C33H41N3O6/c1-7-36(21-22-12-9-8-10-13-22)17-11-16-34-32(37)30-24-19-28(41-5)29(42-6)20-25(24)33(38)35(2)31(30)23-14-15-26(39-3)27(18-23)40-4/h8-10,12-15,18-20,30-31H,7,11,16-17,21H2,1-6H3,(H,34,37)/t30-,31+/m1/s1. The maximum atomic E-state index is 14.0. The summed E-state index contributed by atoms with van der Waals surface area (Å²) in [5.74, 6) is 0.882. The Morgan fingerprint density at radius 1 is 0.881 bits per heavy atom. The number of rotatable bonds is 13. The van der Waals surface area contributed by atoms with Crippen LogP contribution in [-0.4, -0.2) is 76.7 Å². The van der Waals surface area contributed by atoms with Crippen molar-refractivity contribution in [2.45, 2.75) is 31.8 Å². The van der Waals surface area contributed by atoms with Gasteiger partial charge in [0.25, 0.3) is 5.91 Å². The van der Waals surface area contributed by atoms with Crippen molar-refractivity contribution in [2.24, 2.45) is 0 Å². The summed E-state index contributed by atoms with van der Waals surface area (Å²) >= 11 is 0. The number of amides is 2. The van der Waals surface area contributed by atoms with Crippen LogP contribution >= 0.6 is 0 Å². The first-order valence-corrected chi connectivity index (χ1v) is 14.2. The molecule has 0 bridgehead atoms. The van der Waals surface area contributed by atoms with Gasteiger partial charge in [0.2, 0.25) is 5.91 Å². The van der Waals surface area contributed by atoms with E-state index in [-0.39, 0.29) is 11.8 Å². The lowest BCUT2D eigenvalue weighted by molar-refractivity contribution is -0.124. The number of carbonyl (C=O) groups excluding carboxylic acids is 2. The van der Waals surface area contributed by atoms with Gasteiger partial charge in [0, 0.05) is 32.2 Å². The van der Waals surface area contributed by atoms with Gasteiger partial charge in [0.05, 0.1) is 40.4 Å². The zero-order valence-corrected chi connectivity index (χ0v) is 25.3. The zero-order valence-electron chi connectivity index (χ0n) is 25.3. The molecule has 2 atom stereocenters. The smallest absolute Gasteiger partial charge is 0.254 e. The Morgan fingerprint density at radius 3 is 2.17 bits per heavy atom. The largest absolute Gasteiger partial charge is 0.493 e. The molecule has 42 heavy (non-hydrogen) atoms. The second-order valence-corrected chi connectivity index (χ2v) is 10.2. The summed E-state index contributed by atoms with van der Waals surface area (Å²) in [4.78, 5) is 31.7. The van der Waals surface area contributed by atoms with Crippen LogP contribution in [0, 0.1) is 0 Å². The number of ether oxygens (including phenoxy) is 4. The first kappa shape index (κ1) is 30.7. The van der Waals surface area contributed by atoms with Crippen LogP contribution in [0.5, 0.6) is 23.0 Å². The van der Waals surface area contributed by atoms with Crippen LogP contribution < -0.4 is 24.3 Å². The van der Waals surface area contributed by atoms with Crippen molar-refractivity contribution < 1.29 is 28.5 Å². The first-order valence-electron chi connectivity index (χ1n) is 14.2. The van der Waals surface area contributed by atoms with Crippen LogP contribution in [0.2, 0.25) is 0 Å². The van der Waals surface area contributed by atoms with E-state index in [1.165, 1.54) is 19.8 Å². The van der Waals surface area contributed by atoms with Gasteiger partial charge in [-0.15, -0.1) is 0 Å². The van der Waals surface area contributed by atoms with Gasteiger partial charge in [0.15, 0.2) is 23.0 Å². The summed E-state index contributed by atoms with van der Waals surface area (Å²) in [6, 6.07) is 18.7. The Kier molecular flexibility index (Phi) is 10.3. The fourth-order valence-corrected chi connectivity index (χ4v) is 5.60. The lowest BCUT2D eigenvalue weighted by Gasteiger charge is -2.40. The molecule has 1 aliphatic heterocycles. The van der Waals surface area contributed by atoms with Crippen molar-refractivity contribution in [1.82, 2.24) is 15.1 Å². The molecule has 3 aromatic rings. The van der Waals surface area contributed by atoms with Crippen molar-refractivity contribution >= 4 is 11.8 Å². The minimum absolute atomic E-state index is 0.172. The Hall–Kier alpha value is -4.24. The van der Waals surface area contributed by atoms with E-state index >= 15 is 0 Å². The molecule has 1 N–H and O–H groups in total. The van der Waals surface area contributed by atoms with Crippen LogP contribution in [0.3, 0.4) is 0 Å². The van der Waals surface area contributed by atoms with Gasteiger partial charge in [-0.25, -0.2) is 0 Å². The lowest BCUT2D eigenvalue weighted by Crippen LogP contribution is -2.46. The van der Waals surface area contributed by atoms with E-state index < -0.39 is 12.0 Å². The highest BCUT2D eigenvalue weighted by Gasteiger charge is 2.43. The highest BCUT2D eigenvalue weighted by molar-refractivity contribution is 6.02. The van der Waals surface area contributed by atoms with Crippen LogP contribution in [-0.2, 0) is 11.3 Å². The topological polar surface area (TPSA) is 89.6 Å². The normalized spacial score (nSPS) is 16.2. The lowest BCUT2D eigenvalue weighted by atomic mass is 9.79. The van der Waals surface area contributed by atoms with Crippen molar-refractivity contribution in [3.05, 3.63) is 82.9 Å². The number of likely N-dealkylation sites (N-methyl/N-ethyl adjacent to an activating group) is 1. The Balaban J connectivity index is 1.62.